The van der Waals surface area contributed by atoms with Gasteiger partial charge in [0.05, 0.1) is 6.61 Å². The van der Waals surface area contributed by atoms with Gasteiger partial charge in [0.25, 0.3) is 0 Å². The molecule has 1 heterocycles. The summed E-state index contributed by atoms with van der Waals surface area (Å²) < 4.78 is 5.22. The number of hydrogen-bond donors (Lipinski definition) is 1. The van der Waals surface area contributed by atoms with Gasteiger partial charge in [0.1, 0.15) is 10.6 Å². The largest absolute Gasteiger partial charge is 0.462 e. The van der Waals surface area contributed by atoms with Crippen LogP contribution in [0.4, 0.5) is 5.00 Å². The maximum atomic E-state index is 12.6. The standard InChI is InChI=1S/C23H20ClNO3S/c1-3-28-23(27)21-19(17-10-7-15(2)8-11-17)14-29-22(21)25-20(26)12-9-16-5-4-6-18(24)13-16/h4-14H,3H2,1-2H3,(H,25,26)/b12-9+. The van der Waals surface area contributed by atoms with Gasteiger partial charge in [0.2, 0.25) is 5.91 Å². The second kappa shape index (κ2) is 9.54. The summed E-state index contributed by atoms with van der Waals surface area (Å²) in [6.45, 7) is 4.01. The molecule has 3 rings (SSSR count). The number of ether oxygens (including phenoxy) is 1. The molecule has 0 bridgehead atoms. The number of halogens is 1. The lowest BCUT2D eigenvalue weighted by Gasteiger charge is -2.08. The van der Waals surface area contributed by atoms with E-state index < -0.39 is 5.97 Å². The molecular weight excluding hydrogens is 406 g/mol. The van der Waals surface area contributed by atoms with Crippen molar-refractivity contribution in [1.29, 1.82) is 0 Å². The Balaban J connectivity index is 1.87. The quantitative estimate of drug-likeness (QED) is 0.377. The Morgan fingerprint density at radius 1 is 1.17 bits per heavy atom. The molecule has 3 aromatic rings. The Kier molecular flexibility index (Phi) is 6.86. The number of amides is 1. The van der Waals surface area contributed by atoms with Crippen LogP contribution in [0, 0.1) is 6.92 Å². The molecule has 1 aromatic heterocycles. The summed E-state index contributed by atoms with van der Waals surface area (Å²) in [6, 6.07) is 15.0. The molecule has 0 fully saturated rings. The van der Waals surface area contributed by atoms with Crippen LogP contribution in [-0.2, 0) is 9.53 Å². The molecule has 0 unspecified atom stereocenters. The zero-order valence-electron chi connectivity index (χ0n) is 16.1. The SMILES string of the molecule is CCOC(=O)c1c(-c2ccc(C)cc2)csc1NC(=O)/C=C/c1cccc(Cl)c1. The second-order valence-corrected chi connectivity index (χ2v) is 7.63. The van der Waals surface area contributed by atoms with Crippen LogP contribution in [0.25, 0.3) is 17.2 Å². The van der Waals surface area contributed by atoms with Crippen LogP contribution in [0.15, 0.2) is 60.0 Å². The van der Waals surface area contributed by atoms with Gasteiger partial charge in [0.15, 0.2) is 0 Å². The third-order valence-electron chi connectivity index (χ3n) is 4.15. The number of aryl methyl sites for hydroxylation is 1. The van der Waals surface area contributed by atoms with Gasteiger partial charge in [-0.1, -0.05) is 53.6 Å². The maximum absolute atomic E-state index is 12.6. The Morgan fingerprint density at radius 2 is 1.93 bits per heavy atom. The molecule has 2 aromatic carbocycles. The normalized spacial score (nSPS) is 10.9. The van der Waals surface area contributed by atoms with Gasteiger partial charge >= 0.3 is 5.97 Å². The Morgan fingerprint density at radius 3 is 2.62 bits per heavy atom. The maximum Gasteiger partial charge on any atom is 0.341 e. The van der Waals surface area contributed by atoms with E-state index >= 15 is 0 Å². The van der Waals surface area contributed by atoms with Crippen molar-refractivity contribution in [2.75, 3.05) is 11.9 Å². The summed E-state index contributed by atoms with van der Waals surface area (Å²) >= 11 is 7.26. The van der Waals surface area contributed by atoms with Gasteiger partial charge in [-0.15, -0.1) is 11.3 Å². The van der Waals surface area contributed by atoms with Gasteiger partial charge < -0.3 is 10.1 Å². The first kappa shape index (κ1) is 20.8. The first-order chi connectivity index (χ1) is 14.0. The van der Waals surface area contributed by atoms with Gasteiger partial charge in [-0.05, 0) is 43.2 Å². The van der Waals surface area contributed by atoms with E-state index in [1.807, 2.05) is 48.7 Å². The number of nitrogens with one attached hydrogen (secondary N) is 1. The molecule has 0 atom stereocenters. The average molecular weight is 426 g/mol. The summed E-state index contributed by atoms with van der Waals surface area (Å²) in [6.07, 6.45) is 3.08. The number of esters is 1. The molecule has 4 nitrogen and oxygen atoms in total. The number of carbonyl (C=O) groups is 2. The van der Waals surface area contributed by atoms with Crippen molar-refractivity contribution in [2.45, 2.75) is 13.8 Å². The minimum absolute atomic E-state index is 0.254. The number of carbonyl (C=O) groups excluding carboxylic acids is 2. The Hall–Kier alpha value is -2.89. The second-order valence-electron chi connectivity index (χ2n) is 6.32. The van der Waals surface area contributed by atoms with E-state index in [1.165, 1.54) is 17.4 Å². The molecule has 0 aliphatic heterocycles. The van der Waals surface area contributed by atoms with Crippen LogP contribution in [0.5, 0.6) is 0 Å². The minimum atomic E-state index is -0.460. The fourth-order valence-corrected chi connectivity index (χ4v) is 3.90. The summed E-state index contributed by atoms with van der Waals surface area (Å²) in [5, 5.41) is 5.70. The number of benzene rings is 2. The van der Waals surface area contributed by atoms with E-state index in [4.69, 9.17) is 16.3 Å². The highest BCUT2D eigenvalue weighted by Gasteiger charge is 2.22. The molecular formula is C23H20ClNO3S. The van der Waals surface area contributed by atoms with Crippen molar-refractivity contribution in [1.82, 2.24) is 0 Å². The number of hydrogen-bond acceptors (Lipinski definition) is 4. The summed E-state index contributed by atoms with van der Waals surface area (Å²) in [5.74, 6) is -0.800. The van der Waals surface area contributed by atoms with Crippen molar-refractivity contribution < 1.29 is 14.3 Å². The summed E-state index contributed by atoms with van der Waals surface area (Å²) in [4.78, 5) is 25.0. The van der Waals surface area contributed by atoms with Crippen LogP contribution in [0.1, 0.15) is 28.4 Å². The molecule has 0 aliphatic carbocycles. The molecule has 0 saturated carbocycles. The predicted molar refractivity (Wildman–Crippen MR) is 120 cm³/mol. The van der Waals surface area contributed by atoms with Crippen LogP contribution in [0.2, 0.25) is 5.02 Å². The van der Waals surface area contributed by atoms with E-state index in [0.717, 1.165) is 22.3 Å². The van der Waals surface area contributed by atoms with E-state index in [1.54, 1.807) is 25.1 Å². The topological polar surface area (TPSA) is 55.4 Å². The van der Waals surface area contributed by atoms with E-state index in [-0.39, 0.29) is 12.5 Å². The Bertz CT molecular complexity index is 1050. The zero-order valence-corrected chi connectivity index (χ0v) is 17.6. The van der Waals surface area contributed by atoms with Gasteiger partial charge in [-0.2, -0.15) is 0 Å². The Labute approximate surface area is 178 Å². The van der Waals surface area contributed by atoms with Crippen molar-refractivity contribution >= 4 is 45.9 Å². The fraction of sp³-hybridized carbons (Fsp3) is 0.130. The molecule has 29 heavy (non-hydrogen) atoms. The van der Waals surface area contributed by atoms with Crippen molar-refractivity contribution in [3.8, 4) is 11.1 Å². The lowest BCUT2D eigenvalue weighted by Crippen LogP contribution is -2.12. The highest BCUT2D eigenvalue weighted by molar-refractivity contribution is 7.15. The molecule has 0 radical (unpaired) electrons. The molecule has 1 amide bonds. The smallest absolute Gasteiger partial charge is 0.341 e. The van der Waals surface area contributed by atoms with Gasteiger partial charge in [-0.25, -0.2) is 4.79 Å². The highest BCUT2D eigenvalue weighted by atomic mass is 35.5. The van der Waals surface area contributed by atoms with Crippen molar-refractivity contribution in [2.24, 2.45) is 0 Å². The predicted octanol–water partition coefficient (Wildman–Crippen LogP) is 6.21. The number of rotatable bonds is 6. The number of thiophene rings is 1. The molecule has 0 aliphatic rings. The monoisotopic (exact) mass is 425 g/mol. The van der Waals surface area contributed by atoms with E-state index in [9.17, 15) is 9.59 Å². The van der Waals surface area contributed by atoms with Crippen LogP contribution >= 0.6 is 22.9 Å². The summed E-state index contributed by atoms with van der Waals surface area (Å²) in [5.41, 5.74) is 3.93. The number of anilines is 1. The van der Waals surface area contributed by atoms with Crippen molar-refractivity contribution in [3.63, 3.8) is 0 Å². The van der Waals surface area contributed by atoms with Crippen LogP contribution in [0.3, 0.4) is 0 Å². The minimum Gasteiger partial charge on any atom is -0.462 e. The third kappa shape index (κ3) is 5.34. The zero-order chi connectivity index (χ0) is 20.8. The lowest BCUT2D eigenvalue weighted by atomic mass is 10.0. The molecule has 148 valence electrons. The van der Waals surface area contributed by atoms with E-state index in [0.29, 0.717) is 15.6 Å². The molecule has 0 spiro atoms. The first-order valence-electron chi connectivity index (χ1n) is 9.08. The lowest BCUT2D eigenvalue weighted by molar-refractivity contribution is -0.111. The highest BCUT2D eigenvalue weighted by Crippen LogP contribution is 2.36. The van der Waals surface area contributed by atoms with Crippen molar-refractivity contribution in [3.05, 3.63) is 81.7 Å². The van der Waals surface area contributed by atoms with E-state index in [2.05, 4.69) is 5.32 Å². The first-order valence-corrected chi connectivity index (χ1v) is 10.3. The van der Waals surface area contributed by atoms with Crippen LogP contribution < -0.4 is 5.32 Å². The summed E-state index contributed by atoms with van der Waals surface area (Å²) in [7, 11) is 0. The average Bonchev–Trinajstić information content (AvgIpc) is 3.11. The molecule has 6 heteroatoms. The fourth-order valence-electron chi connectivity index (χ4n) is 2.74. The van der Waals surface area contributed by atoms with Gasteiger partial charge in [-0.3, -0.25) is 4.79 Å². The third-order valence-corrected chi connectivity index (χ3v) is 5.28. The van der Waals surface area contributed by atoms with Gasteiger partial charge in [0, 0.05) is 22.0 Å². The van der Waals surface area contributed by atoms with Crippen LogP contribution in [-0.4, -0.2) is 18.5 Å². The molecule has 0 saturated heterocycles. The molecule has 1 N–H and O–H groups in total.